The summed E-state index contributed by atoms with van der Waals surface area (Å²) >= 11 is 0. The number of carbonyl (C=O) groups excluding carboxylic acids is 2. The molecule has 0 saturated carbocycles. The Balaban J connectivity index is 0.000000307. The predicted octanol–water partition coefficient (Wildman–Crippen LogP) is 4.30. The second-order valence-corrected chi connectivity index (χ2v) is 4.80. The Morgan fingerprint density at radius 1 is 0.792 bits per heavy atom. The van der Waals surface area contributed by atoms with Crippen LogP contribution in [-0.2, 0) is 0 Å². The summed E-state index contributed by atoms with van der Waals surface area (Å²) < 4.78 is 12.1. The molecule has 0 spiro atoms. The van der Waals surface area contributed by atoms with Gasteiger partial charge in [0.05, 0.1) is 0 Å². The standard InChI is InChI=1S/C14H10O2.C6H10FN/c15-13(11-7-3-1-4-8-11)14(16)12-9-5-2-6-10-12;1-3-5-8(7)6-4-2/h1-10H;3-4H,1-2,5-6H2. The van der Waals surface area contributed by atoms with E-state index in [9.17, 15) is 14.1 Å². The lowest BCUT2D eigenvalue weighted by Crippen LogP contribution is -2.14. The number of hydrogen-bond acceptors (Lipinski definition) is 3. The topological polar surface area (TPSA) is 37.4 Å². The summed E-state index contributed by atoms with van der Waals surface area (Å²) in [6.07, 6.45) is 3.01. The zero-order chi connectivity index (χ0) is 17.8. The van der Waals surface area contributed by atoms with Gasteiger partial charge in [0.1, 0.15) is 0 Å². The van der Waals surface area contributed by atoms with Crippen LogP contribution in [-0.4, -0.2) is 29.8 Å². The summed E-state index contributed by atoms with van der Waals surface area (Å²) in [4.78, 5) is 23.6. The Kier molecular flexibility index (Phi) is 8.64. The first-order chi connectivity index (χ1) is 11.6. The maximum absolute atomic E-state index is 12.1. The second-order valence-electron chi connectivity index (χ2n) is 4.80. The van der Waals surface area contributed by atoms with Gasteiger partial charge < -0.3 is 0 Å². The third-order valence-electron chi connectivity index (χ3n) is 2.93. The van der Waals surface area contributed by atoms with Crippen LogP contribution in [0.3, 0.4) is 0 Å². The number of carbonyl (C=O) groups is 2. The number of Topliss-reactive ketones (excluding diaryl/α,β-unsaturated/α-hetero) is 2. The first-order valence-electron chi connectivity index (χ1n) is 7.41. The van der Waals surface area contributed by atoms with Gasteiger partial charge >= 0.3 is 0 Å². The summed E-state index contributed by atoms with van der Waals surface area (Å²) in [5.41, 5.74) is 0.854. The minimum absolute atomic E-state index is 0.270. The lowest BCUT2D eigenvalue weighted by Gasteiger charge is -2.02. The largest absolute Gasteiger partial charge is 0.285 e. The fraction of sp³-hybridized carbons (Fsp3) is 0.100. The smallest absolute Gasteiger partial charge is 0.233 e. The molecule has 3 nitrogen and oxygen atoms in total. The van der Waals surface area contributed by atoms with E-state index < -0.39 is 11.6 Å². The van der Waals surface area contributed by atoms with Crippen LogP contribution < -0.4 is 0 Å². The maximum atomic E-state index is 12.1. The summed E-state index contributed by atoms with van der Waals surface area (Å²) in [7, 11) is 0. The highest BCUT2D eigenvalue weighted by atomic mass is 19.2. The van der Waals surface area contributed by atoms with Gasteiger partial charge in [-0.05, 0) is 0 Å². The van der Waals surface area contributed by atoms with Crippen molar-refractivity contribution in [2.75, 3.05) is 13.1 Å². The van der Waals surface area contributed by atoms with E-state index in [2.05, 4.69) is 13.2 Å². The highest BCUT2D eigenvalue weighted by Crippen LogP contribution is 2.07. The lowest BCUT2D eigenvalue weighted by atomic mass is 10.0. The van der Waals surface area contributed by atoms with Crippen LogP contribution in [0.1, 0.15) is 20.7 Å². The van der Waals surface area contributed by atoms with Gasteiger partial charge in [-0.2, -0.15) is 0 Å². The highest BCUT2D eigenvalue weighted by Gasteiger charge is 2.16. The van der Waals surface area contributed by atoms with Crippen LogP contribution in [0.25, 0.3) is 0 Å². The zero-order valence-corrected chi connectivity index (χ0v) is 13.4. The molecule has 4 heteroatoms. The number of rotatable bonds is 7. The molecule has 2 rings (SSSR count). The third kappa shape index (κ3) is 6.50. The van der Waals surface area contributed by atoms with E-state index in [0.29, 0.717) is 16.2 Å². The van der Waals surface area contributed by atoms with E-state index in [1.54, 1.807) is 48.5 Å². The van der Waals surface area contributed by atoms with Gasteiger partial charge in [0, 0.05) is 24.2 Å². The SMILES string of the molecule is C=CCN(F)CC=C.O=C(C(=O)c1ccccc1)c1ccccc1. The van der Waals surface area contributed by atoms with Crippen LogP contribution >= 0.6 is 0 Å². The Bertz CT molecular complexity index is 609. The molecular weight excluding hydrogens is 305 g/mol. The molecule has 0 bridgehead atoms. The highest BCUT2D eigenvalue weighted by molar-refractivity contribution is 6.49. The molecule has 0 radical (unpaired) electrons. The monoisotopic (exact) mass is 325 g/mol. The van der Waals surface area contributed by atoms with E-state index in [1.165, 1.54) is 12.2 Å². The maximum Gasteiger partial charge on any atom is 0.233 e. The van der Waals surface area contributed by atoms with Gasteiger partial charge in [-0.1, -0.05) is 72.8 Å². The molecule has 0 atom stereocenters. The molecule has 0 N–H and O–H groups in total. The van der Waals surface area contributed by atoms with E-state index in [0.717, 1.165) is 0 Å². The quantitative estimate of drug-likeness (QED) is 0.330. The first-order valence-corrected chi connectivity index (χ1v) is 7.41. The normalized spacial score (nSPS) is 9.58. The molecule has 0 saturated heterocycles. The van der Waals surface area contributed by atoms with Crippen molar-refractivity contribution < 1.29 is 14.1 Å². The van der Waals surface area contributed by atoms with Crippen LogP contribution in [0.2, 0.25) is 0 Å². The number of ketones is 2. The van der Waals surface area contributed by atoms with Gasteiger partial charge in [-0.15, -0.1) is 22.8 Å². The summed E-state index contributed by atoms with van der Waals surface area (Å²) in [5, 5.41) is 0.625. The molecule has 0 aliphatic carbocycles. The number of nitrogens with zero attached hydrogens (tertiary/aromatic N) is 1. The van der Waals surface area contributed by atoms with Crippen molar-refractivity contribution in [2.45, 2.75) is 0 Å². The molecule has 0 aromatic heterocycles. The molecule has 24 heavy (non-hydrogen) atoms. The predicted molar refractivity (Wildman–Crippen MR) is 94.6 cm³/mol. The second kappa shape index (κ2) is 10.8. The Morgan fingerprint density at radius 2 is 1.12 bits per heavy atom. The van der Waals surface area contributed by atoms with E-state index in [1.807, 2.05) is 12.1 Å². The van der Waals surface area contributed by atoms with Gasteiger partial charge in [0.2, 0.25) is 11.6 Å². The molecule has 0 unspecified atom stereocenters. The van der Waals surface area contributed by atoms with Crippen molar-refractivity contribution in [3.8, 4) is 0 Å². The molecular formula is C20H20FNO2. The van der Waals surface area contributed by atoms with E-state index in [-0.39, 0.29) is 13.1 Å². The van der Waals surface area contributed by atoms with Crippen molar-refractivity contribution in [1.29, 1.82) is 0 Å². The fourth-order valence-corrected chi connectivity index (χ4v) is 1.80. The molecule has 0 aliphatic heterocycles. The number of halogens is 1. The van der Waals surface area contributed by atoms with Crippen molar-refractivity contribution in [3.05, 3.63) is 97.1 Å². The van der Waals surface area contributed by atoms with Crippen molar-refractivity contribution in [2.24, 2.45) is 0 Å². The fourth-order valence-electron chi connectivity index (χ4n) is 1.80. The zero-order valence-electron chi connectivity index (χ0n) is 13.4. The Labute approximate surface area is 141 Å². The molecule has 0 aliphatic rings. The summed E-state index contributed by atoms with van der Waals surface area (Å²) in [6.45, 7) is 7.27. The minimum Gasteiger partial charge on any atom is -0.285 e. The number of benzene rings is 2. The Hall–Kier alpha value is -2.85. The van der Waals surface area contributed by atoms with Gasteiger partial charge in [-0.25, -0.2) is 0 Å². The van der Waals surface area contributed by atoms with Crippen molar-refractivity contribution >= 4 is 11.6 Å². The van der Waals surface area contributed by atoms with Gasteiger partial charge in [0.15, 0.2) is 0 Å². The molecule has 2 aromatic rings. The average molecular weight is 325 g/mol. The van der Waals surface area contributed by atoms with Gasteiger partial charge in [-0.3, -0.25) is 9.59 Å². The van der Waals surface area contributed by atoms with E-state index in [4.69, 9.17) is 0 Å². The van der Waals surface area contributed by atoms with Crippen LogP contribution in [0.5, 0.6) is 0 Å². The Morgan fingerprint density at radius 3 is 1.42 bits per heavy atom. The summed E-state index contributed by atoms with van der Waals surface area (Å²) in [6, 6.07) is 17.2. The van der Waals surface area contributed by atoms with Crippen LogP contribution in [0.15, 0.2) is 86.0 Å². The number of hydrogen-bond donors (Lipinski definition) is 0. The average Bonchev–Trinajstić information content (AvgIpc) is 2.63. The minimum atomic E-state index is -0.466. The molecule has 124 valence electrons. The first kappa shape index (κ1) is 19.2. The third-order valence-corrected chi connectivity index (χ3v) is 2.93. The van der Waals surface area contributed by atoms with Crippen molar-refractivity contribution in [1.82, 2.24) is 5.12 Å². The molecule has 2 aromatic carbocycles. The van der Waals surface area contributed by atoms with Gasteiger partial charge in [0.25, 0.3) is 0 Å². The summed E-state index contributed by atoms with van der Waals surface area (Å²) in [5.74, 6) is -0.932. The van der Waals surface area contributed by atoms with Crippen LogP contribution in [0.4, 0.5) is 4.48 Å². The molecule has 0 amide bonds. The molecule has 0 fully saturated rings. The molecule has 0 heterocycles. The lowest BCUT2D eigenvalue weighted by molar-refractivity contribution is 0.0557. The van der Waals surface area contributed by atoms with Crippen molar-refractivity contribution in [3.63, 3.8) is 0 Å². The van der Waals surface area contributed by atoms with E-state index >= 15 is 0 Å². The van der Waals surface area contributed by atoms with Crippen LogP contribution in [0, 0.1) is 0 Å².